The first kappa shape index (κ1) is 19.3. The Morgan fingerprint density at radius 2 is 2.00 bits per heavy atom. The van der Waals surface area contributed by atoms with Gasteiger partial charge in [-0.05, 0) is 32.9 Å². The van der Waals surface area contributed by atoms with E-state index in [1.165, 1.54) is 17.8 Å². The zero-order valence-electron chi connectivity index (χ0n) is 15.9. The minimum absolute atomic E-state index is 0.0857. The van der Waals surface area contributed by atoms with Crippen LogP contribution in [0.2, 0.25) is 0 Å². The van der Waals surface area contributed by atoms with Crippen LogP contribution in [0.3, 0.4) is 0 Å². The molecule has 28 heavy (non-hydrogen) atoms. The summed E-state index contributed by atoms with van der Waals surface area (Å²) in [6.07, 6.45) is 1.34. The van der Waals surface area contributed by atoms with Crippen LogP contribution in [0.25, 0.3) is 11.1 Å². The molecule has 146 valence electrons. The van der Waals surface area contributed by atoms with E-state index in [2.05, 4.69) is 4.98 Å². The second-order valence-corrected chi connectivity index (χ2v) is 6.08. The van der Waals surface area contributed by atoms with E-state index >= 15 is 0 Å². The Kier molecular flexibility index (Phi) is 5.58. The van der Waals surface area contributed by atoms with Crippen molar-refractivity contribution in [1.29, 1.82) is 0 Å². The Bertz CT molecular complexity index is 1100. The molecule has 0 fully saturated rings. The van der Waals surface area contributed by atoms with E-state index in [4.69, 9.17) is 13.9 Å². The molecule has 0 saturated heterocycles. The third-order valence-electron chi connectivity index (χ3n) is 4.19. The Morgan fingerprint density at radius 3 is 2.71 bits per heavy atom. The highest BCUT2D eigenvalue weighted by atomic mass is 16.5. The number of fused-ring (bicyclic) bond motifs is 1. The van der Waals surface area contributed by atoms with E-state index in [1.807, 2.05) is 0 Å². The molecule has 0 bridgehead atoms. The van der Waals surface area contributed by atoms with Crippen LogP contribution in [0.1, 0.15) is 40.3 Å². The van der Waals surface area contributed by atoms with Crippen LogP contribution in [0, 0.1) is 6.92 Å². The molecule has 0 amide bonds. The first-order valence-corrected chi connectivity index (χ1v) is 8.82. The largest absolute Gasteiger partial charge is 0.491 e. The second-order valence-electron chi connectivity index (χ2n) is 6.08. The predicted octanol–water partition coefficient (Wildman–Crippen LogP) is 2.76. The first-order chi connectivity index (χ1) is 13.4. The Morgan fingerprint density at radius 1 is 1.25 bits per heavy atom. The van der Waals surface area contributed by atoms with Gasteiger partial charge in [-0.25, -0.2) is 9.78 Å². The number of carbonyl (C=O) groups excluding carboxylic acids is 2. The smallest absolute Gasteiger partial charge is 0.342 e. The third-order valence-corrected chi connectivity index (χ3v) is 4.19. The van der Waals surface area contributed by atoms with Gasteiger partial charge in [0.15, 0.2) is 5.78 Å². The molecule has 3 rings (SSSR count). The van der Waals surface area contributed by atoms with Gasteiger partial charge in [-0.2, -0.15) is 0 Å². The number of ketones is 1. The SMILES string of the molecule is CCOC(=O)c1c(C)oc2ncn(CCOc3ccccc3C(C)=O)c(=O)c12. The fourth-order valence-corrected chi connectivity index (χ4v) is 2.88. The maximum Gasteiger partial charge on any atom is 0.342 e. The molecule has 0 spiro atoms. The highest BCUT2D eigenvalue weighted by molar-refractivity contribution is 6.03. The van der Waals surface area contributed by atoms with Crippen molar-refractivity contribution in [3.63, 3.8) is 0 Å². The van der Waals surface area contributed by atoms with Crippen LogP contribution in [0.15, 0.2) is 39.8 Å². The van der Waals surface area contributed by atoms with Gasteiger partial charge in [0.1, 0.15) is 35.4 Å². The number of para-hydroxylation sites is 1. The minimum Gasteiger partial charge on any atom is -0.491 e. The zero-order valence-corrected chi connectivity index (χ0v) is 15.9. The van der Waals surface area contributed by atoms with Crippen molar-refractivity contribution in [1.82, 2.24) is 9.55 Å². The lowest BCUT2D eigenvalue weighted by molar-refractivity contribution is 0.0526. The molecular weight excluding hydrogens is 364 g/mol. The van der Waals surface area contributed by atoms with Crippen molar-refractivity contribution in [3.8, 4) is 5.75 Å². The summed E-state index contributed by atoms with van der Waals surface area (Å²) in [7, 11) is 0. The topological polar surface area (TPSA) is 101 Å². The number of hydrogen-bond donors (Lipinski definition) is 0. The molecule has 8 heteroatoms. The summed E-state index contributed by atoms with van der Waals surface area (Å²) in [6.45, 7) is 5.23. The summed E-state index contributed by atoms with van der Waals surface area (Å²) >= 11 is 0. The molecule has 0 N–H and O–H groups in total. The standard InChI is InChI=1S/C20H20N2O6/c1-4-26-20(25)16-13(3)28-18-17(16)19(24)22(11-21-18)9-10-27-15-8-6-5-7-14(15)12(2)23/h5-8,11H,4,9-10H2,1-3H3. The van der Waals surface area contributed by atoms with Crippen molar-refractivity contribution in [2.75, 3.05) is 13.2 Å². The fourth-order valence-electron chi connectivity index (χ4n) is 2.88. The highest BCUT2D eigenvalue weighted by Crippen LogP contribution is 2.22. The number of furan rings is 1. The summed E-state index contributed by atoms with van der Waals surface area (Å²) < 4.78 is 17.4. The molecule has 0 radical (unpaired) electrons. The van der Waals surface area contributed by atoms with Gasteiger partial charge in [-0.3, -0.25) is 14.2 Å². The summed E-state index contributed by atoms with van der Waals surface area (Å²) in [5.74, 6) is -0.00303. The second kappa shape index (κ2) is 8.08. The molecule has 0 aliphatic heterocycles. The molecule has 0 atom stereocenters. The van der Waals surface area contributed by atoms with E-state index in [9.17, 15) is 14.4 Å². The molecule has 2 heterocycles. The third kappa shape index (κ3) is 3.66. The van der Waals surface area contributed by atoms with E-state index < -0.39 is 11.5 Å². The number of Topliss-reactive ketones (excluding diaryl/α,β-unsaturated/α-hetero) is 1. The molecule has 2 aromatic heterocycles. The van der Waals surface area contributed by atoms with E-state index in [-0.39, 0.29) is 48.0 Å². The lowest BCUT2D eigenvalue weighted by Gasteiger charge is -2.10. The van der Waals surface area contributed by atoms with Crippen molar-refractivity contribution < 1.29 is 23.5 Å². The number of hydrogen-bond acceptors (Lipinski definition) is 7. The average molecular weight is 384 g/mol. The number of rotatable bonds is 7. The number of aryl methyl sites for hydroxylation is 1. The molecule has 0 aliphatic rings. The van der Waals surface area contributed by atoms with Crippen LogP contribution < -0.4 is 10.3 Å². The van der Waals surface area contributed by atoms with Gasteiger partial charge in [-0.15, -0.1) is 0 Å². The number of esters is 1. The average Bonchev–Trinajstić information content (AvgIpc) is 3.01. The van der Waals surface area contributed by atoms with Gasteiger partial charge < -0.3 is 13.9 Å². The van der Waals surface area contributed by atoms with Gasteiger partial charge >= 0.3 is 5.97 Å². The fraction of sp³-hybridized carbons (Fsp3) is 0.300. The minimum atomic E-state index is -0.623. The Hall–Kier alpha value is -3.42. The lowest BCUT2D eigenvalue weighted by atomic mass is 10.1. The van der Waals surface area contributed by atoms with Crippen molar-refractivity contribution in [3.05, 3.63) is 57.8 Å². The molecule has 0 saturated carbocycles. The van der Waals surface area contributed by atoms with Gasteiger partial charge in [0.2, 0.25) is 5.71 Å². The maximum atomic E-state index is 12.8. The number of aromatic nitrogens is 2. The summed E-state index contributed by atoms with van der Waals surface area (Å²) in [5.41, 5.74) is 0.225. The van der Waals surface area contributed by atoms with Crippen LogP contribution in [0.4, 0.5) is 0 Å². The predicted molar refractivity (Wildman–Crippen MR) is 101 cm³/mol. The summed E-state index contributed by atoms with van der Waals surface area (Å²) in [4.78, 5) is 40.8. The summed E-state index contributed by atoms with van der Waals surface area (Å²) in [5, 5.41) is 0.0857. The number of ether oxygens (including phenoxy) is 2. The van der Waals surface area contributed by atoms with Crippen LogP contribution in [-0.4, -0.2) is 34.5 Å². The summed E-state index contributed by atoms with van der Waals surface area (Å²) in [6, 6.07) is 6.89. The monoisotopic (exact) mass is 384 g/mol. The van der Waals surface area contributed by atoms with Crippen LogP contribution in [0.5, 0.6) is 5.75 Å². The Balaban J connectivity index is 1.86. The molecule has 0 unspecified atom stereocenters. The van der Waals surface area contributed by atoms with Crippen molar-refractivity contribution in [2.24, 2.45) is 0 Å². The normalized spacial score (nSPS) is 10.8. The zero-order chi connectivity index (χ0) is 20.3. The van der Waals surface area contributed by atoms with Gasteiger partial charge in [0.05, 0.1) is 18.7 Å². The van der Waals surface area contributed by atoms with E-state index in [1.54, 1.807) is 38.1 Å². The van der Waals surface area contributed by atoms with E-state index in [0.29, 0.717) is 11.3 Å². The van der Waals surface area contributed by atoms with Crippen LogP contribution in [-0.2, 0) is 11.3 Å². The molecule has 3 aromatic rings. The van der Waals surface area contributed by atoms with Gasteiger partial charge in [-0.1, -0.05) is 12.1 Å². The van der Waals surface area contributed by atoms with Crippen molar-refractivity contribution >= 4 is 22.9 Å². The van der Waals surface area contributed by atoms with Gasteiger partial charge in [0, 0.05) is 0 Å². The highest BCUT2D eigenvalue weighted by Gasteiger charge is 2.23. The van der Waals surface area contributed by atoms with Crippen molar-refractivity contribution in [2.45, 2.75) is 27.3 Å². The van der Waals surface area contributed by atoms with E-state index in [0.717, 1.165) is 0 Å². The Labute approximate surface area is 160 Å². The lowest BCUT2D eigenvalue weighted by Crippen LogP contribution is -2.24. The first-order valence-electron chi connectivity index (χ1n) is 8.82. The molecule has 8 nitrogen and oxygen atoms in total. The number of nitrogens with zero attached hydrogens (tertiary/aromatic N) is 2. The molecular formula is C20H20N2O6. The molecule has 1 aromatic carbocycles. The van der Waals surface area contributed by atoms with Crippen LogP contribution >= 0.6 is 0 Å². The molecule has 0 aliphatic carbocycles. The quantitative estimate of drug-likeness (QED) is 0.456. The maximum absolute atomic E-state index is 12.8. The van der Waals surface area contributed by atoms with Gasteiger partial charge in [0.25, 0.3) is 5.56 Å². The number of carbonyl (C=O) groups is 2. The number of benzene rings is 1.